The number of carbonyl (C=O) groups is 1. The zero-order chi connectivity index (χ0) is 17.8. The highest BCUT2D eigenvalue weighted by atomic mass is 16.2. The smallest absolute Gasteiger partial charge is 0.318 e. The summed E-state index contributed by atoms with van der Waals surface area (Å²) in [6, 6.07) is 20.2. The first-order chi connectivity index (χ1) is 12.8. The molecule has 3 aromatic rings. The van der Waals surface area contributed by atoms with E-state index in [9.17, 15) is 4.79 Å². The molecule has 0 saturated carbocycles. The van der Waals surface area contributed by atoms with Gasteiger partial charge < -0.3 is 14.8 Å². The maximum atomic E-state index is 12.9. The van der Waals surface area contributed by atoms with E-state index < -0.39 is 0 Å². The summed E-state index contributed by atoms with van der Waals surface area (Å²) in [5.41, 5.74) is 2.30. The van der Waals surface area contributed by atoms with Crippen LogP contribution in [0.25, 0.3) is 0 Å². The van der Waals surface area contributed by atoms with Crippen LogP contribution in [0.2, 0.25) is 0 Å². The van der Waals surface area contributed by atoms with Gasteiger partial charge in [-0.2, -0.15) is 0 Å². The third-order valence-electron chi connectivity index (χ3n) is 4.71. The van der Waals surface area contributed by atoms with Crippen molar-refractivity contribution in [3.05, 3.63) is 83.9 Å². The van der Waals surface area contributed by atoms with Gasteiger partial charge in [-0.25, -0.2) is 4.79 Å². The third-order valence-corrected chi connectivity index (χ3v) is 4.71. The van der Waals surface area contributed by atoms with Crippen LogP contribution in [0.5, 0.6) is 0 Å². The lowest BCUT2D eigenvalue weighted by atomic mass is 9.99. The number of hydrogen-bond acceptors (Lipinski definition) is 3. The van der Waals surface area contributed by atoms with Gasteiger partial charge in [0.25, 0.3) is 0 Å². The van der Waals surface area contributed by atoms with Crippen LogP contribution < -0.4 is 5.32 Å². The molecular formula is C20H21N5O. The number of rotatable bonds is 4. The van der Waals surface area contributed by atoms with Gasteiger partial charge in [0.15, 0.2) is 5.82 Å². The van der Waals surface area contributed by atoms with Crippen molar-refractivity contribution < 1.29 is 4.79 Å². The second-order valence-corrected chi connectivity index (χ2v) is 6.46. The molecule has 6 nitrogen and oxygen atoms in total. The van der Waals surface area contributed by atoms with Crippen molar-refractivity contribution in [1.82, 2.24) is 25.0 Å². The molecule has 1 aliphatic heterocycles. The molecule has 0 spiro atoms. The van der Waals surface area contributed by atoms with E-state index in [1.807, 2.05) is 41.0 Å². The highest BCUT2D eigenvalue weighted by Gasteiger charge is 2.24. The first-order valence-electron chi connectivity index (χ1n) is 8.80. The van der Waals surface area contributed by atoms with Gasteiger partial charge in [-0.05, 0) is 17.5 Å². The number of amides is 2. The van der Waals surface area contributed by atoms with Gasteiger partial charge in [0, 0.05) is 13.1 Å². The van der Waals surface area contributed by atoms with Crippen LogP contribution in [-0.4, -0.2) is 32.2 Å². The SMILES string of the molecule is O=C(NC(Cc1ccccc1)c1ccccc1)N1CCn2cnnc2C1. The zero-order valence-electron chi connectivity index (χ0n) is 14.5. The Kier molecular flexibility index (Phi) is 4.64. The van der Waals surface area contributed by atoms with Gasteiger partial charge >= 0.3 is 6.03 Å². The molecule has 0 bridgehead atoms. The number of urea groups is 1. The van der Waals surface area contributed by atoms with Crippen LogP contribution in [0.4, 0.5) is 4.79 Å². The fourth-order valence-corrected chi connectivity index (χ4v) is 3.27. The maximum absolute atomic E-state index is 12.9. The molecule has 2 amide bonds. The van der Waals surface area contributed by atoms with Crippen molar-refractivity contribution in [3.8, 4) is 0 Å². The molecule has 0 radical (unpaired) electrons. The molecule has 6 heteroatoms. The number of aromatic nitrogens is 3. The van der Waals surface area contributed by atoms with E-state index in [0.717, 1.165) is 24.4 Å². The van der Waals surface area contributed by atoms with Crippen LogP contribution >= 0.6 is 0 Å². The van der Waals surface area contributed by atoms with Gasteiger partial charge in [0.1, 0.15) is 6.33 Å². The van der Waals surface area contributed by atoms with Crippen LogP contribution in [-0.2, 0) is 19.5 Å². The predicted octanol–water partition coefficient (Wildman–Crippen LogP) is 2.79. The molecule has 26 heavy (non-hydrogen) atoms. The number of nitrogens with one attached hydrogen (secondary N) is 1. The summed E-state index contributed by atoms with van der Waals surface area (Å²) >= 11 is 0. The number of fused-ring (bicyclic) bond motifs is 1. The molecule has 2 heterocycles. The van der Waals surface area contributed by atoms with E-state index in [4.69, 9.17) is 0 Å². The largest absolute Gasteiger partial charge is 0.331 e. The van der Waals surface area contributed by atoms with Gasteiger partial charge in [-0.3, -0.25) is 0 Å². The van der Waals surface area contributed by atoms with Crippen molar-refractivity contribution in [3.63, 3.8) is 0 Å². The standard InChI is InChI=1S/C20H21N5O/c26-20(24-11-12-25-15-21-23-19(25)14-24)22-18(17-9-5-2-6-10-17)13-16-7-3-1-4-8-16/h1-10,15,18H,11-14H2,(H,22,26). The van der Waals surface area contributed by atoms with Crippen LogP contribution in [0, 0.1) is 0 Å². The van der Waals surface area contributed by atoms with E-state index in [1.54, 1.807) is 11.2 Å². The summed E-state index contributed by atoms with van der Waals surface area (Å²) in [7, 11) is 0. The average molecular weight is 347 g/mol. The Hall–Kier alpha value is -3.15. The minimum absolute atomic E-state index is 0.0657. The molecule has 0 fully saturated rings. The van der Waals surface area contributed by atoms with E-state index in [2.05, 4.69) is 39.8 Å². The fourth-order valence-electron chi connectivity index (χ4n) is 3.27. The molecule has 132 valence electrons. The van der Waals surface area contributed by atoms with Crippen LogP contribution in [0.3, 0.4) is 0 Å². The Labute approximate surface area is 152 Å². The lowest BCUT2D eigenvalue weighted by Gasteiger charge is -2.29. The Bertz CT molecular complexity index is 862. The monoisotopic (exact) mass is 347 g/mol. The summed E-state index contributed by atoms with van der Waals surface area (Å²) in [6.07, 6.45) is 2.47. The molecule has 4 rings (SSSR count). The predicted molar refractivity (Wildman–Crippen MR) is 98.3 cm³/mol. The van der Waals surface area contributed by atoms with Crippen LogP contribution in [0.15, 0.2) is 67.0 Å². The number of carbonyl (C=O) groups excluding carboxylic acids is 1. The first-order valence-corrected chi connectivity index (χ1v) is 8.80. The minimum Gasteiger partial charge on any atom is -0.331 e. The summed E-state index contributed by atoms with van der Waals surface area (Å²) in [4.78, 5) is 14.7. The summed E-state index contributed by atoms with van der Waals surface area (Å²) in [5.74, 6) is 0.825. The second kappa shape index (κ2) is 7.39. The molecule has 0 aliphatic carbocycles. The Morgan fingerprint density at radius 1 is 1.04 bits per heavy atom. The first kappa shape index (κ1) is 16.3. The average Bonchev–Trinajstić information content (AvgIpc) is 3.17. The lowest BCUT2D eigenvalue weighted by Crippen LogP contribution is -2.45. The highest BCUT2D eigenvalue weighted by Crippen LogP contribution is 2.19. The fraction of sp³-hybridized carbons (Fsp3) is 0.250. The summed E-state index contributed by atoms with van der Waals surface area (Å²) in [5, 5.41) is 11.2. The molecule has 1 aliphatic rings. The second-order valence-electron chi connectivity index (χ2n) is 6.46. The Morgan fingerprint density at radius 3 is 2.54 bits per heavy atom. The summed E-state index contributed by atoms with van der Waals surface area (Å²) in [6.45, 7) is 1.87. The number of benzene rings is 2. The Morgan fingerprint density at radius 2 is 1.77 bits per heavy atom. The maximum Gasteiger partial charge on any atom is 0.318 e. The van der Waals surface area contributed by atoms with E-state index in [0.29, 0.717) is 13.1 Å². The van der Waals surface area contributed by atoms with E-state index >= 15 is 0 Å². The quantitative estimate of drug-likeness (QED) is 0.789. The van der Waals surface area contributed by atoms with Gasteiger partial charge in [0.2, 0.25) is 0 Å². The normalized spacial score (nSPS) is 14.5. The van der Waals surface area contributed by atoms with Crippen molar-refractivity contribution in [1.29, 1.82) is 0 Å². The molecule has 1 unspecified atom stereocenters. The third kappa shape index (κ3) is 3.59. The lowest BCUT2D eigenvalue weighted by molar-refractivity contribution is 0.178. The van der Waals surface area contributed by atoms with Crippen LogP contribution in [0.1, 0.15) is 23.0 Å². The van der Waals surface area contributed by atoms with Gasteiger partial charge in [-0.1, -0.05) is 60.7 Å². The van der Waals surface area contributed by atoms with Gasteiger partial charge in [-0.15, -0.1) is 10.2 Å². The molecule has 1 atom stereocenters. The molecular weight excluding hydrogens is 326 g/mol. The number of hydrogen-bond donors (Lipinski definition) is 1. The van der Waals surface area contributed by atoms with Gasteiger partial charge in [0.05, 0.1) is 12.6 Å². The number of nitrogens with zero attached hydrogens (tertiary/aromatic N) is 4. The van der Waals surface area contributed by atoms with Crippen molar-refractivity contribution in [2.24, 2.45) is 0 Å². The molecule has 1 aromatic heterocycles. The van der Waals surface area contributed by atoms with Crippen molar-refractivity contribution in [2.45, 2.75) is 25.6 Å². The minimum atomic E-state index is -0.0779. The van der Waals surface area contributed by atoms with Crippen molar-refractivity contribution >= 4 is 6.03 Å². The topological polar surface area (TPSA) is 63.1 Å². The van der Waals surface area contributed by atoms with E-state index in [-0.39, 0.29) is 12.1 Å². The molecule has 1 N–H and O–H groups in total. The van der Waals surface area contributed by atoms with E-state index in [1.165, 1.54) is 5.56 Å². The molecule has 0 saturated heterocycles. The Balaban J connectivity index is 1.50. The highest BCUT2D eigenvalue weighted by molar-refractivity contribution is 5.74. The zero-order valence-corrected chi connectivity index (χ0v) is 14.5. The van der Waals surface area contributed by atoms with Crippen molar-refractivity contribution in [2.75, 3.05) is 6.54 Å². The molecule has 2 aromatic carbocycles. The summed E-state index contributed by atoms with van der Waals surface area (Å²) < 4.78 is 1.99.